The van der Waals surface area contributed by atoms with Crippen molar-refractivity contribution in [3.63, 3.8) is 0 Å². The zero-order valence-corrected chi connectivity index (χ0v) is 11.7. The monoisotopic (exact) mass is 326 g/mol. The molecule has 0 saturated carbocycles. The van der Waals surface area contributed by atoms with E-state index in [0.29, 0.717) is 0 Å². The van der Waals surface area contributed by atoms with Crippen LogP contribution in [-0.4, -0.2) is 104 Å². The number of aliphatic hydroxyl groups is 7. The molecule has 8 atom stereocenters. The van der Waals surface area contributed by atoms with Gasteiger partial charge in [-0.15, -0.1) is 0 Å². The van der Waals surface area contributed by atoms with Gasteiger partial charge < -0.3 is 50.0 Å². The Morgan fingerprint density at radius 1 is 0.955 bits per heavy atom. The molecule has 10 heteroatoms. The molecule has 0 aromatic heterocycles. The van der Waals surface area contributed by atoms with Crippen molar-refractivity contribution in [3.8, 4) is 0 Å². The molecular weight excluding hydrogens is 304 g/mol. The first-order valence-electron chi connectivity index (χ1n) is 6.94. The highest BCUT2D eigenvalue weighted by Crippen LogP contribution is 2.35. The lowest BCUT2D eigenvalue weighted by Gasteiger charge is -2.40. The maximum atomic E-state index is 9.99. The van der Waals surface area contributed by atoms with E-state index in [4.69, 9.17) is 24.4 Å². The number of ether oxygens (including phenoxy) is 3. The molecule has 22 heavy (non-hydrogen) atoms. The smallest absolute Gasteiger partial charge is 0.223 e. The SMILES string of the molecule is OC[C@H]1O[C@H](O[C@@]2(CO)O[C@H](CO)[C@@H](O)[C@@H]2O)C[C@@H](O)[C@H]1O. The highest BCUT2D eigenvalue weighted by molar-refractivity contribution is 4.97. The second kappa shape index (κ2) is 7.01. The maximum Gasteiger partial charge on any atom is 0.223 e. The lowest BCUT2D eigenvalue weighted by atomic mass is 10.0. The Balaban J connectivity index is 2.10. The summed E-state index contributed by atoms with van der Waals surface area (Å²) in [6.45, 7) is -2.02. The van der Waals surface area contributed by atoms with Gasteiger partial charge in [0.1, 0.15) is 37.1 Å². The molecule has 2 aliphatic heterocycles. The van der Waals surface area contributed by atoms with Crippen molar-refractivity contribution in [2.45, 2.75) is 55.1 Å². The summed E-state index contributed by atoms with van der Waals surface area (Å²) in [5.41, 5.74) is 0. The van der Waals surface area contributed by atoms with E-state index < -0.39 is 68.5 Å². The van der Waals surface area contributed by atoms with Crippen LogP contribution < -0.4 is 0 Å². The molecule has 0 aromatic rings. The van der Waals surface area contributed by atoms with Crippen LogP contribution >= 0.6 is 0 Å². The first-order valence-corrected chi connectivity index (χ1v) is 6.94. The minimum Gasteiger partial charge on any atom is -0.394 e. The Kier molecular flexibility index (Phi) is 5.72. The molecule has 2 rings (SSSR count). The molecule has 7 N–H and O–H groups in total. The van der Waals surface area contributed by atoms with Crippen molar-refractivity contribution in [2.24, 2.45) is 0 Å². The van der Waals surface area contributed by atoms with Crippen molar-refractivity contribution >= 4 is 0 Å². The summed E-state index contributed by atoms with van der Waals surface area (Å²) in [4.78, 5) is 0. The van der Waals surface area contributed by atoms with E-state index >= 15 is 0 Å². The normalized spacial score (nSPS) is 49.5. The van der Waals surface area contributed by atoms with Gasteiger partial charge in [0.15, 0.2) is 6.29 Å². The van der Waals surface area contributed by atoms with Crippen LogP contribution in [0.2, 0.25) is 0 Å². The van der Waals surface area contributed by atoms with Gasteiger partial charge in [0.05, 0.1) is 19.3 Å². The van der Waals surface area contributed by atoms with Crippen LogP contribution in [-0.2, 0) is 14.2 Å². The Hall–Kier alpha value is -0.400. The fourth-order valence-corrected chi connectivity index (χ4v) is 2.63. The molecule has 0 unspecified atom stereocenters. The predicted octanol–water partition coefficient (Wildman–Crippen LogP) is -4.37. The number of rotatable bonds is 5. The van der Waals surface area contributed by atoms with E-state index in [1.54, 1.807) is 0 Å². The van der Waals surface area contributed by atoms with E-state index in [0.717, 1.165) is 0 Å². The van der Waals surface area contributed by atoms with Crippen molar-refractivity contribution in [1.29, 1.82) is 0 Å². The Labute approximate surface area is 126 Å². The summed E-state index contributed by atoms with van der Waals surface area (Å²) in [6, 6.07) is 0. The summed E-state index contributed by atoms with van der Waals surface area (Å²) >= 11 is 0. The van der Waals surface area contributed by atoms with E-state index in [1.165, 1.54) is 0 Å². The topological polar surface area (TPSA) is 169 Å². The fraction of sp³-hybridized carbons (Fsp3) is 1.00. The Morgan fingerprint density at radius 2 is 1.59 bits per heavy atom. The summed E-state index contributed by atoms with van der Waals surface area (Å²) in [5, 5.41) is 66.7. The fourth-order valence-electron chi connectivity index (χ4n) is 2.63. The van der Waals surface area contributed by atoms with Gasteiger partial charge in [-0.3, -0.25) is 0 Å². The third kappa shape index (κ3) is 3.12. The minimum absolute atomic E-state index is 0.199. The molecule has 0 spiro atoms. The molecule has 2 saturated heterocycles. The van der Waals surface area contributed by atoms with Gasteiger partial charge in [-0.25, -0.2) is 0 Å². The molecule has 2 heterocycles. The highest BCUT2D eigenvalue weighted by Gasteiger charge is 2.57. The van der Waals surface area contributed by atoms with Crippen LogP contribution in [0, 0.1) is 0 Å². The van der Waals surface area contributed by atoms with Crippen LogP contribution in [0.5, 0.6) is 0 Å². The number of hydrogen-bond acceptors (Lipinski definition) is 10. The third-order valence-electron chi connectivity index (χ3n) is 3.95. The zero-order chi connectivity index (χ0) is 16.5. The highest BCUT2D eigenvalue weighted by atomic mass is 16.8. The Morgan fingerprint density at radius 3 is 2.09 bits per heavy atom. The van der Waals surface area contributed by atoms with Gasteiger partial charge >= 0.3 is 0 Å². The second-order valence-electron chi connectivity index (χ2n) is 5.44. The lowest BCUT2D eigenvalue weighted by molar-refractivity contribution is -0.362. The van der Waals surface area contributed by atoms with E-state index in [2.05, 4.69) is 0 Å². The largest absolute Gasteiger partial charge is 0.394 e. The van der Waals surface area contributed by atoms with Gasteiger partial charge in [-0.2, -0.15) is 0 Å². The Bertz CT molecular complexity index is 368. The van der Waals surface area contributed by atoms with E-state index in [-0.39, 0.29) is 6.42 Å². The first kappa shape index (κ1) is 17.9. The average Bonchev–Trinajstić information content (AvgIpc) is 2.75. The van der Waals surface area contributed by atoms with Gasteiger partial charge in [0.25, 0.3) is 0 Å². The van der Waals surface area contributed by atoms with Crippen LogP contribution in [0.4, 0.5) is 0 Å². The van der Waals surface area contributed by atoms with Gasteiger partial charge in [0.2, 0.25) is 5.79 Å². The molecule has 0 aliphatic carbocycles. The van der Waals surface area contributed by atoms with Crippen molar-refractivity contribution in [2.75, 3.05) is 19.8 Å². The van der Waals surface area contributed by atoms with Crippen molar-refractivity contribution in [3.05, 3.63) is 0 Å². The molecule has 130 valence electrons. The van der Waals surface area contributed by atoms with E-state index in [1.807, 2.05) is 0 Å². The molecule has 0 amide bonds. The quantitative estimate of drug-likeness (QED) is 0.262. The van der Waals surface area contributed by atoms with Gasteiger partial charge in [-0.05, 0) is 0 Å². The number of aliphatic hydroxyl groups excluding tert-OH is 7. The van der Waals surface area contributed by atoms with Gasteiger partial charge in [0, 0.05) is 6.42 Å². The van der Waals surface area contributed by atoms with Crippen molar-refractivity contribution < 1.29 is 50.0 Å². The van der Waals surface area contributed by atoms with Crippen LogP contribution in [0.3, 0.4) is 0 Å². The maximum absolute atomic E-state index is 9.99. The van der Waals surface area contributed by atoms with Crippen LogP contribution in [0.1, 0.15) is 6.42 Å². The minimum atomic E-state index is -2.04. The average molecular weight is 326 g/mol. The van der Waals surface area contributed by atoms with Crippen molar-refractivity contribution in [1.82, 2.24) is 0 Å². The summed E-state index contributed by atoms with van der Waals surface area (Å²) < 4.78 is 15.8. The van der Waals surface area contributed by atoms with Crippen LogP contribution in [0.15, 0.2) is 0 Å². The first-order chi connectivity index (χ1) is 10.4. The van der Waals surface area contributed by atoms with Crippen LogP contribution in [0.25, 0.3) is 0 Å². The third-order valence-corrected chi connectivity index (χ3v) is 3.95. The van der Waals surface area contributed by atoms with E-state index in [9.17, 15) is 25.5 Å². The predicted molar refractivity (Wildman–Crippen MR) is 67.3 cm³/mol. The molecular formula is C12H22O10. The molecule has 0 radical (unpaired) electrons. The number of hydrogen-bond donors (Lipinski definition) is 7. The second-order valence-corrected chi connectivity index (χ2v) is 5.44. The standard InChI is InChI=1S/C12H22O10/c13-2-6-9(17)5(16)1-8(20-6)22-12(4-15)11(19)10(18)7(3-14)21-12/h5-11,13-19H,1-4H2/t5-,6-,7-,8-,9-,10-,11+,12-/m1/s1. The summed E-state index contributed by atoms with van der Waals surface area (Å²) in [7, 11) is 0. The summed E-state index contributed by atoms with van der Waals surface area (Å²) in [6.07, 6.45) is -9.36. The van der Waals surface area contributed by atoms with Gasteiger partial charge in [-0.1, -0.05) is 0 Å². The zero-order valence-electron chi connectivity index (χ0n) is 11.7. The molecule has 2 fully saturated rings. The molecule has 10 nitrogen and oxygen atoms in total. The lowest BCUT2D eigenvalue weighted by Crippen LogP contribution is -2.56. The molecule has 2 aliphatic rings. The summed E-state index contributed by atoms with van der Waals surface area (Å²) in [5.74, 6) is -2.04. The molecule has 0 bridgehead atoms. The molecule has 0 aromatic carbocycles.